The smallest absolute Gasteiger partial charge is 0.351 e. The summed E-state index contributed by atoms with van der Waals surface area (Å²) in [6, 6.07) is 3.54. The number of alkyl halides is 1. The summed E-state index contributed by atoms with van der Waals surface area (Å²) >= 11 is 0.594. The molecule has 0 aliphatic rings. The molecule has 0 saturated carbocycles. The molecule has 0 radical (unpaired) electrons. The zero-order chi connectivity index (χ0) is 12.1. The average Bonchev–Trinajstić information content (AvgIpc) is 2.22. The van der Waals surface area contributed by atoms with E-state index in [1.807, 2.05) is 0 Å². The first-order chi connectivity index (χ1) is 7.54. The largest absolute Gasteiger partial charge is 0.463 e. The van der Waals surface area contributed by atoms with Crippen LogP contribution in [0.4, 0.5) is 14.5 Å². The minimum Gasteiger partial charge on any atom is -0.463 e. The predicted molar refractivity (Wildman–Crippen MR) is 58.2 cm³/mol. The van der Waals surface area contributed by atoms with Crippen LogP contribution in [0.3, 0.4) is 0 Å². The first-order valence-electron chi connectivity index (χ1n) is 4.57. The van der Waals surface area contributed by atoms with E-state index in [4.69, 9.17) is 5.73 Å². The molecule has 0 aliphatic heterocycles. The number of carbonyl (C=O) groups is 1. The van der Waals surface area contributed by atoms with Gasteiger partial charge in [0, 0.05) is 10.6 Å². The molecular formula is C10H11F2NO2S. The maximum absolute atomic E-state index is 13.3. The van der Waals surface area contributed by atoms with Crippen molar-refractivity contribution in [1.82, 2.24) is 0 Å². The van der Waals surface area contributed by atoms with Crippen molar-refractivity contribution in [3.63, 3.8) is 0 Å². The molecule has 88 valence electrons. The molecule has 1 atom stereocenters. The molecule has 0 saturated heterocycles. The van der Waals surface area contributed by atoms with Gasteiger partial charge < -0.3 is 10.5 Å². The molecule has 0 fully saturated rings. The van der Waals surface area contributed by atoms with Gasteiger partial charge in [0.25, 0.3) is 0 Å². The highest BCUT2D eigenvalue weighted by Crippen LogP contribution is 2.30. The van der Waals surface area contributed by atoms with Crippen molar-refractivity contribution in [3.8, 4) is 0 Å². The number of halogens is 2. The highest BCUT2D eigenvalue weighted by molar-refractivity contribution is 8.00. The molecular weight excluding hydrogens is 236 g/mol. The molecule has 0 heterocycles. The Morgan fingerprint density at radius 3 is 2.88 bits per heavy atom. The lowest BCUT2D eigenvalue weighted by atomic mass is 10.3. The Bertz CT molecular complexity index is 387. The van der Waals surface area contributed by atoms with Crippen LogP contribution in [0.25, 0.3) is 0 Å². The van der Waals surface area contributed by atoms with Crippen molar-refractivity contribution in [2.45, 2.75) is 17.3 Å². The van der Waals surface area contributed by atoms with Crippen molar-refractivity contribution in [2.75, 3.05) is 12.3 Å². The third-order valence-corrected chi connectivity index (χ3v) is 2.70. The van der Waals surface area contributed by atoms with E-state index in [1.165, 1.54) is 6.07 Å². The number of nitrogens with two attached hydrogens (primary N) is 1. The molecule has 0 bridgehead atoms. The quantitative estimate of drug-likeness (QED) is 0.504. The Labute approximate surface area is 96.0 Å². The summed E-state index contributed by atoms with van der Waals surface area (Å²) in [5.74, 6) is -1.47. The SMILES string of the molecule is CCOC(=O)C(F)Sc1ccc(F)cc1N. The molecule has 0 amide bonds. The van der Waals surface area contributed by atoms with Crippen molar-refractivity contribution >= 4 is 23.4 Å². The fraction of sp³-hybridized carbons (Fsp3) is 0.300. The van der Waals surface area contributed by atoms with E-state index in [-0.39, 0.29) is 12.3 Å². The zero-order valence-electron chi connectivity index (χ0n) is 8.57. The minimum atomic E-state index is -1.85. The Balaban J connectivity index is 2.69. The van der Waals surface area contributed by atoms with Gasteiger partial charge in [-0.2, -0.15) is 0 Å². The van der Waals surface area contributed by atoms with Crippen LogP contribution in [0, 0.1) is 5.82 Å². The van der Waals surface area contributed by atoms with Crippen LogP contribution in [0.15, 0.2) is 23.1 Å². The average molecular weight is 247 g/mol. The van der Waals surface area contributed by atoms with Gasteiger partial charge >= 0.3 is 5.97 Å². The summed E-state index contributed by atoms with van der Waals surface area (Å²) in [7, 11) is 0. The van der Waals surface area contributed by atoms with Crippen LogP contribution >= 0.6 is 11.8 Å². The lowest BCUT2D eigenvalue weighted by molar-refractivity contribution is -0.145. The van der Waals surface area contributed by atoms with Gasteiger partial charge in [-0.15, -0.1) is 0 Å². The maximum Gasteiger partial charge on any atom is 0.351 e. The van der Waals surface area contributed by atoms with Crippen molar-refractivity contribution in [2.24, 2.45) is 0 Å². The van der Waals surface area contributed by atoms with Gasteiger partial charge in [-0.25, -0.2) is 13.6 Å². The van der Waals surface area contributed by atoms with E-state index >= 15 is 0 Å². The number of anilines is 1. The van der Waals surface area contributed by atoms with Gasteiger partial charge in [-0.3, -0.25) is 0 Å². The van der Waals surface area contributed by atoms with E-state index in [1.54, 1.807) is 6.92 Å². The van der Waals surface area contributed by atoms with E-state index in [0.29, 0.717) is 16.7 Å². The molecule has 1 aromatic rings. The number of carbonyl (C=O) groups excluding carboxylic acids is 1. The molecule has 2 N–H and O–H groups in total. The maximum atomic E-state index is 13.3. The summed E-state index contributed by atoms with van der Waals surface area (Å²) in [5.41, 5.74) is 3.70. The Morgan fingerprint density at radius 2 is 2.31 bits per heavy atom. The molecule has 0 aliphatic carbocycles. The number of rotatable bonds is 4. The van der Waals surface area contributed by atoms with Crippen LogP contribution in [0.1, 0.15) is 6.92 Å². The Hall–Kier alpha value is -1.30. The topological polar surface area (TPSA) is 52.3 Å². The van der Waals surface area contributed by atoms with E-state index in [9.17, 15) is 13.6 Å². The standard InChI is InChI=1S/C10H11F2NO2S/c1-2-15-10(14)9(12)16-8-4-3-6(11)5-7(8)13/h3-5,9H,2,13H2,1H3. The van der Waals surface area contributed by atoms with Crippen LogP contribution < -0.4 is 5.73 Å². The third kappa shape index (κ3) is 3.37. The second kappa shape index (κ2) is 5.69. The first-order valence-corrected chi connectivity index (χ1v) is 5.45. The minimum absolute atomic E-state index is 0.0944. The van der Waals surface area contributed by atoms with Crippen LogP contribution in [0.5, 0.6) is 0 Å². The second-order valence-electron chi connectivity index (χ2n) is 2.87. The molecule has 16 heavy (non-hydrogen) atoms. The Morgan fingerprint density at radius 1 is 1.62 bits per heavy atom. The molecule has 6 heteroatoms. The fourth-order valence-electron chi connectivity index (χ4n) is 0.994. The number of nitrogen functional groups attached to an aromatic ring is 1. The monoisotopic (exact) mass is 247 g/mol. The highest BCUT2D eigenvalue weighted by Gasteiger charge is 2.20. The summed E-state index contributed by atoms with van der Waals surface area (Å²) in [5, 5.41) is 0. The summed E-state index contributed by atoms with van der Waals surface area (Å²) in [4.78, 5) is 11.3. The van der Waals surface area contributed by atoms with Gasteiger partial charge in [0.1, 0.15) is 5.82 Å². The Kier molecular flexibility index (Phi) is 4.54. The molecule has 0 aromatic heterocycles. The van der Waals surface area contributed by atoms with Crippen LogP contribution in [0.2, 0.25) is 0 Å². The number of esters is 1. The van der Waals surface area contributed by atoms with Gasteiger partial charge in [0.05, 0.1) is 6.61 Å². The number of hydrogen-bond donors (Lipinski definition) is 1. The van der Waals surface area contributed by atoms with E-state index in [0.717, 1.165) is 12.1 Å². The first kappa shape index (κ1) is 12.8. The third-order valence-electron chi connectivity index (χ3n) is 1.67. The van der Waals surface area contributed by atoms with Crippen molar-refractivity contribution < 1.29 is 18.3 Å². The van der Waals surface area contributed by atoms with Gasteiger partial charge in [-0.1, -0.05) is 11.8 Å². The number of hydrogen-bond acceptors (Lipinski definition) is 4. The number of ether oxygens (including phenoxy) is 1. The van der Waals surface area contributed by atoms with Gasteiger partial charge in [0.15, 0.2) is 0 Å². The van der Waals surface area contributed by atoms with Crippen molar-refractivity contribution in [3.05, 3.63) is 24.0 Å². The molecule has 1 unspecified atom stereocenters. The molecule has 0 spiro atoms. The number of benzene rings is 1. The molecule has 1 rings (SSSR count). The zero-order valence-corrected chi connectivity index (χ0v) is 9.39. The number of thioether (sulfide) groups is 1. The summed E-state index contributed by atoms with van der Waals surface area (Å²) in [6.45, 7) is 1.69. The molecule has 1 aromatic carbocycles. The van der Waals surface area contributed by atoms with Crippen LogP contribution in [-0.4, -0.2) is 18.1 Å². The van der Waals surface area contributed by atoms with Gasteiger partial charge in [0.2, 0.25) is 5.50 Å². The lowest BCUT2D eigenvalue weighted by Crippen LogP contribution is -2.15. The summed E-state index contributed by atoms with van der Waals surface area (Å²) < 4.78 is 30.5. The van der Waals surface area contributed by atoms with Gasteiger partial charge in [-0.05, 0) is 25.1 Å². The lowest BCUT2D eigenvalue weighted by Gasteiger charge is -2.08. The second-order valence-corrected chi connectivity index (χ2v) is 3.96. The normalized spacial score (nSPS) is 12.2. The van der Waals surface area contributed by atoms with Crippen LogP contribution in [-0.2, 0) is 9.53 Å². The van der Waals surface area contributed by atoms with Crippen molar-refractivity contribution in [1.29, 1.82) is 0 Å². The molecule has 3 nitrogen and oxygen atoms in total. The highest BCUT2D eigenvalue weighted by atomic mass is 32.2. The van der Waals surface area contributed by atoms with E-state index < -0.39 is 17.3 Å². The van der Waals surface area contributed by atoms with E-state index in [2.05, 4.69) is 4.74 Å². The summed E-state index contributed by atoms with van der Waals surface area (Å²) in [6.07, 6.45) is 0. The predicted octanol–water partition coefficient (Wildman–Crippen LogP) is 2.36. The fourth-order valence-corrected chi connectivity index (χ4v) is 1.72.